The largest absolute Gasteiger partial charge is 0.497 e. The fourth-order valence-electron chi connectivity index (χ4n) is 5.67. The molecular formula is C32H35NO2S. The van der Waals surface area contributed by atoms with Gasteiger partial charge in [0.25, 0.3) is 0 Å². The molecule has 3 atom stereocenters. The van der Waals surface area contributed by atoms with Crippen LogP contribution in [-0.2, 0) is 11.2 Å². The molecule has 5 rings (SSSR count). The highest BCUT2D eigenvalue weighted by molar-refractivity contribution is 8.14. The van der Waals surface area contributed by atoms with Crippen LogP contribution in [0.25, 0.3) is 6.08 Å². The molecule has 0 spiro atoms. The summed E-state index contributed by atoms with van der Waals surface area (Å²) in [6, 6.07) is 23.8. The standard InChI is InChI=1S/C32H35NO2S/c1-4-22(2)19-24-9-5-6-14-31(24)36-32(34)18-16-23-15-17-30-28(20-23)27-12-8-13-29(27)33(30)25-10-7-11-26(21-25)35-3/h5-7,9-11,14-18,20-22,27,29H,4,8,12-13,19H2,1-3H3. The minimum Gasteiger partial charge on any atom is -0.497 e. The lowest BCUT2D eigenvalue weighted by Gasteiger charge is -2.27. The van der Waals surface area contributed by atoms with Crippen molar-refractivity contribution in [2.45, 2.75) is 62.8 Å². The summed E-state index contributed by atoms with van der Waals surface area (Å²) in [4.78, 5) is 16.4. The van der Waals surface area contributed by atoms with E-state index in [0.717, 1.165) is 29.1 Å². The highest BCUT2D eigenvalue weighted by atomic mass is 32.2. The summed E-state index contributed by atoms with van der Waals surface area (Å²) in [6.07, 6.45) is 9.52. The lowest BCUT2D eigenvalue weighted by molar-refractivity contribution is -0.107. The van der Waals surface area contributed by atoms with Gasteiger partial charge in [-0.2, -0.15) is 0 Å². The average Bonchev–Trinajstić information content (AvgIpc) is 3.49. The highest BCUT2D eigenvalue weighted by Crippen LogP contribution is 2.52. The smallest absolute Gasteiger partial charge is 0.216 e. The van der Waals surface area contributed by atoms with E-state index in [1.807, 2.05) is 18.2 Å². The summed E-state index contributed by atoms with van der Waals surface area (Å²) in [6.45, 7) is 4.48. The van der Waals surface area contributed by atoms with Crippen molar-refractivity contribution in [2.24, 2.45) is 5.92 Å². The molecule has 0 amide bonds. The van der Waals surface area contributed by atoms with Crippen LogP contribution in [0.3, 0.4) is 0 Å². The maximum absolute atomic E-state index is 12.9. The van der Waals surface area contributed by atoms with Crippen LogP contribution >= 0.6 is 11.8 Å². The molecule has 3 aromatic carbocycles. The Morgan fingerprint density at radius 2 is 1.97 bits per heavy atom. The molecule has 4 heteroatoms. The SMILES string of the molecule is CCC(C)Cc1ccccc1SC(=O)C=Cc1ccc2c(c1)C1CCCC1N2c1cccc(OC)c1. The van der Waals surface area contributed by atoms with Gasteiger partial charge in [0.1, 0.15) is 5.75 Å². The van der Waals surface area contributed by atoms with Crippen molar-refractivity contribution in [3.8, 4) is 5.75 Å². The van der Waals surface area contributed by atoms with E-state index in [1.165, 1.54) is 53.5 Å². The summed E-state index contributed by atoms with van der Waals surface area (Å²) >= 11 is 1.34. The predicted octanol–water partition coefficient (Wildman–Crippen LogP) is 8.40. The molecule has 3 aromatic rings. The van der Waals surface area contributed by atoms with E-state index in [4.69, 9.17) is 4.74 Å². The number of anilines is 2. The van der Waals surface area contributed by atoms with E-state index in [-0.39, 0.29) is 5.12 Å². The second-order valence-corrected chi connectivity index (χ2v) is 11.1. The number of benzene rings is 3. The molecule has 1 heterocycles. The third kappa shape index (κ3) is 5.10. The van der Waals surface area contributed by atoms with Crippen LogP contribution < -0.4 is 9.64 Å². The van der Waals surface area contributed by atoms with E-state index >= 15 is 0 Å². The monoisotopic (exact) mass is 497 g/mol. The van der Waals surface area contributed by atoms with Gasteiger partial charge in [0.15, 0.2) is 0 Å². The number of fused-ring (bicyclic) bond motifs is 3. The lowest BCUT2D eigenvalue weighted by atomic mass is 9.96. The Morgan fingerprint density at radius 1 is 1.11 bits per heavy atom. The number of rotatable bonds is 8. The first-order chi connectivity index (χ1) is 17.6. The van der Waals surface area contributed by atoms with Crippen molar-refractivity contribution >= 4 is 34.3 Å². The number of hydrogen-bond donors (Lipinski definition) is 0. The second-order valence-electron chi connectivity index (χ2n) is 10.1. The number of carbonyl (C=O) groups is 1. The molecule has 1 saturated carbocycles. The number of hydrogen-bond acceptors (Lipinski definition) is 4. The second kappa shape index (κ2) is 11.0. The van der Waals surface area contributed by atoms with Gasteiger partial charge in [-0.05, 0) is 90.0 Å². The Labute approximate surface area is 219 Å². The Bertz CT molecular complexity index is 1270. The molecule has 186 valence electrons. The third-order valence-electron chi connectivity index (χ3n) is 7.71. The maximum atomic E-state index is 12.9. The zero-order valence-corrected chi connectivity index (χ0v) is 22.3. The molecular weight excluding hydrogens is 462 g/mol. The normalized spacial score (nSPS) is 19.4. The Hall–Kier alpha value is -2.98. The molecule has 1 aliphatic carbocycles. The number of ether oxygens (including phenoxy) is 1. The molecule has 0 radical (unpaired) electrons. The van der Waals surface area contributed by atoms with E-state index in [0.29, 0.717) is 17.9 Å². The van der Waals surface area contributed by atoms with Gasteiger partial charge in [-0.1, -0.05) is 63.1 Å². The summed E-state index contributed by atoms with van der Waals surface area (Å²) < 4.78 is 5.49. The van der Waals surface area contributed by atoms with E-state index in [9.17, 15) is 4.79 Å². The number of methoxy groups -OCH3 is 1. The predicted molar refractivity (Wildman–Crippen MR) is 151 cm³/mol. The van der Waals surface area contributed by atoms with Crippen molar-refractivity contribution in [3.05, 3.63) is 89.5 Å². The molecule has 0 saturated heterocycles. The van der Waals surface area contributed by atoms with E-state index in [2.05, 4.69) is 73.3 Å². The van der Waals surface area contributed by atoms with Crippen LogP contribution in [-0.4, -0.2) is 18.3 Å². The Kier molecular flexibility index (Phi) is 7.52. The molecule has 3 unspecified atom stereocenters. The summed E-state index contributed by atoms with van der Waals surface area (Å²) in [5.41, 5.74) is 6.24. The van der Waals surface area contributed by atoms with Gasteiger partial charge in [-0.25, -0.2) is 0 Å². The van der Waals surface area contributed by atoms with Crippen LogP contribution in [0.1, 0.15) is 62.1 Å². The van der Waals surface area contributed by atoms with Crippen molar-refractivity contribution in [2.75, 3.05) is 12.0 Å². The maximum Gasteiger partial charge on any atom is 0.216 e. The van der Waals surface area contributed by atoms with Crippen LogP contribution in [0.4, 0.5) is 11.4 Å². The zero-order valence-electron chi connectivity index (χ0n) is 21.4. The zero-order chi connectivity index (χ0) is 25.1. The molecule has 0 bridgehead atoms. The first kappa shape index (κ1) is 24.7. The topological polar surface area (TPSA) is 29.5 Å². The first-order valence-corrected chi connectivity index (χ1v) is 13.9. The lowest BCUT2D eigenvalue weighted by Crippen LogP contribution is -2.26. The molecule has 1 aliphatic heterocycles. The summed E-state index contributed by atoms with van der Waals surface area (Å²) in [5, 5.41) is 0.0730. The summed E-state index contributed by atoms with van der Waals surface area (Å²) in [7, 11) is 1.72. The van der Waals surface area contributed by atoms with Crippen LogP contribution in [0.2, 0.25) is 0 Å². The summed E-state index contributed by atoms with van der Waals surface area (Å²) in [5.74, 6) is 2.04. The molecule has 36 heavy (non-hydrogen) atoms. The van der Waals surface area contributed by atoms with Gasteiger partial charge in [0.05, 0.1) is 7.11 Å². The number of nitrogens with zero attached hydrogens (tertiary/aromatic N) is 1. The van der Waals surface area contributed by atoms with E-state index < -0.39 is 0 Å². The fourth-order valence-corrected chi connectivity index (χ4v) is 6.46. The minimum atomic E-state index is 0.0730. The molecule has 0 N–H and O–H groups in total. The molecule has 0 aromatic heterocycles. The first-order valence-electron chi connectivity index (χ1n) is 13.1. The minimum absolute atomic E-state index is 0.0730. The molecule has 3 nitrogen and oxygen atoms in total. The van der Waals surface area contributed by atoms with Gasteiger partial charge in [-0.15, -0.1) is 0 Å². The Morgan fingerprint density at radius 3 is 2.81 bits per heavy atom. The molecule has 1 fully saturated rings. The van der Waals surface area contributed by atoms with Crippen LogP contribution in [0, 0.1) is 5.92 Å². The fraction of sp³-hybridized carbons (Fsp3) is 0.344. The number of thioether (sulfide) groups is 1. The van der Waals surface area contributed by atoms with Crippen molar-refractivity contribution < 1.29 is 9.53 Å². The van der Waals surface area contributed by atoms with Gasteiger partial charge >= 0.3 is 0 Å². The number of carbonyl (C=O) groups excluding carboxylic acids is 1. The molecule has 2 aliphatic rings. The van der Waals surface area contributed by atoms with Gasteiger partial charge in [-0.3, -0.25) is 4.79 Å². The van der Waals surface area contributed by atoms with Crippen LogP contribution in [0.5, 0.6) is 5.75 Å². The van der Waals surface area contributed by atoms with Gasteiger partial charge in [0, 0.05) is 34.3 Å². The highest BCUT2D eigenvalue weighted by Gasteiger charge is 2.42. The van der Waals surface area contributed by atoms with E-state index in [1.54, 1.807) is 13.2 Å². The quantitative estimate of drug-likeness (QED) is 0.231. The van der Waals surface area contributed by atoms with Gasteiger partial charge in [0.2, 0.25) is 5.12 Å². The third-order valence-corrected chi connectivity index (χ3v) is 8.67. The van der Waals surface area contributed by atoms with Crippen molar-refractivity contribution in [3.63, 3.8) is 0 Å². The van der Waals surface area contributed by atoms with Crippen molar-refractivity contribution in [1.82, 2.24) is 0 Å². The Balaban J connectivity index is 1.35. The average molecular weight is 498 g/mol. The van der Waals surface area contributed by atoms with Crippen LogP contribution in [0.15, 0.2) is 77.7 Å². The van der Waals surface area contributed by atoms with Gasteiger partial charge < -0.3 is 9.64 Å². The van der Waals surface area contributed by atoms with Crippen molar-refractivity contribution in [1.29, 1.82) is 0 Å².